The zero-order valence-electron chi connectivity index (χ0n) is 10.6. The topological polar surface area (TPSA) is 21.6 Å². The molecular formula is C16H15NOS. The first-order valence-electron chi connectivity index (χ1n) is 6.22. The molecular weight excluding hydrogens is 254 g/mol. The van der Waals surface area contributed by atoms with Crippen molar-refractivity contribution in [2.45, 2.75) is 6.42 Å². The summed E-state index contributed by atoms with van der Waals surface area (Å²) in [6.45, 7) is 1.32. The van der Waals surface area contributed by atoms with E-state index in [0.29, 0.717) is 13.2 Å². The minimum absolute atomic E-state index is 0.644. The molecule has 0 amide bonds. The van der Waals surface area contributed by atoms with Gasteiger partial charge in [0.15, 0.2) is 0 Å². The molecule has 0 N–H and O–H groups in total. The lowest BCUT2D eigenvalue weighted by Gasteiger charge is -2.06. The molecule has 0 atom stereocenters. The largest absolute Gasteiger partial charge is 0.494 e. The van der Waals surface area contributed by atoms with Crippen molar-refractivity contribution in [2.24, 2.45) is 4.99 Å². The number of nitrogens with zero attached hydrogens (tertiary/aromatic N) is 1. The van der Waals surface area contributed by atoms with Gasteiger partial charge in [0.25, 0.3) is 0 Å². The quantitative estimate of drug-likeness (QED) is 0.445. The van der Waals surface area contributed by atoms with E-state index in [9.17, 15) is 0 Å². The van der Waals surface area contributed by atoms with E-state index in [1.807, 2.05) is 30.3 Å². The molecule has 0 radical (unpaired) electrons. The van der Waals surface area contributed by atoms with Crippen LogP contribution < -0.4 is 4.74 Å². The average molecular weight is 269 g/mol. The van der Waals surface area contributed by atoms with Crippen molar-refractivity contribution in [3.8, 4) is 16.9 Å². The fraction of sp³-hybridized carbons (Fsp3) is 0.188. The molecule has 0 aliphatic rings. The second kappa shape index (κ2) is 7.47. The van der Waals surface area contributed by atoms with E-state index in [2.05, 4.69) is 46.6 Å². The predicted octanol–water partition coefficient (Wildman–Crippen LogP) is 4.23. The lowest BCUT2D eigenvalue weighted by atomic mass is 10.1. The Morgan fingerprint density at radius 1 is 0.947 bits per heavy atom. The molecule has 0 bridgehead atoms. The lowest BCUT2D eigenvalue weighted by molar-refractivity contribution is 0.313. The van der Waals surface area contributed by atoms with Crippen molar-refractivity contribution in [3.63, 3.8) is 0 Å². The van der Waals surface area contributed by atoms with Gasteiger partial charge in [-0.25, -0.2) is 4.99 Å². The first-order valence-corrected chi connectivity index (χ1v) is 6.63. The van der Waals surface area contributed by atoms with Crippen LogP contribution in [0.3, 0.4) is 0 Å². The van der Waals surface area contributed by atoms with Crippen molar-refractivity contribution >= 4 is 17.4 Å². The Labute approximate surface area is 118 Å². The Bertz CT molecular complexity index is 545. The highest BCUT2D eigenvalue weighted by Crippen LogP contribution is 2.21. The van der Waals surface area contributed by atoms with Gasteiger partial charge in [0.05, 0.1) is 18.3 Å². The van der Waals surface area contributed by atoms with Crippen LogP contribution >= 0.6 is 12.2 Å². The van der Waals surface area contributed by atoms with Crippen LogP contribution in [0.15, 0.2) is 59.6 Å². The molecule has 19 heavy (non-hydrogen) atoms. The van der Waals surface area contributed by atoms with Gasteiger partial charge in [-0.3, -0.25) is 0 Å². The van der Waals surface area contributed by atoms with E-state index in [1.165, 1.54) is 11.1 Å². The molecule has 2 nitrogen and oxygen atoms in total. The summed E-state index contributed by atoms with van der Waals surface area (Å²) in [5.74, 6) is 0.881. The van der Waals surface area contributed by atoms with Crippen molar-refractivity contribution in [1.82, 2.24) is 0 Å². The highest BCUT2D eigenvalue weighted by Gasteiger charge is 1.97. The second-order valence-electron chi connectivity index (χ2n) is 4.07. The molecule has 2 aromatic carbocycles. The fourth-order valence-corrected chi connectivity index (χ4v) is 1.84. The van der Waals surface area contributed by atoms with Gasteiger partial charge in [-0.1, -0.05) is 42.5 Å². The van der Waals surface area contributed by atoms with Gasteiger partial charge in [-0.2, -0.15) is 0 Å². The van der Waals surface area contributed by atoms with E-state index in [-0.39, 0.29) is 0 Å². The first-order chi connectivity index (χ1) is 9.40. The van der Waals surface area contributed by atoms with Crippen LogP contribution in [-0.2, 0) is 0 Å². The van der Waals surface area contributed by atoms with Crippen molar-refractivity contribution in [2.75, 3.05) is 13.2 Å². The SMILES string of the molecule is S=C=NCCCOc1ccc(-c2ccccc2)cc1. The number of hydrogen-bond acceptors (Lipinski definition) is 3. The van der Waals surface area contributed by atoms with E-state index >= 15 is 0 Å². The first kappa shape index (κ1) is 13.5. The van der Waals surface area contributed by atoms with Crippen LogP contribution in [0.2, 0.25) is 0 Å². The number of isothiocyanates is 1. The van der Waals surface area contributed by atoms with E-state index in [0.717, 1.165) is 12.2 Å². The molecule has 0 aliphatic carbocycles. The standard InChI is InChI=1S/C16H15NOS/c19-13-17-11-4-12-18-16-9-7-15(8-10-16)14-5-2-1-3-6-14/h1-3,5-10H,4,11-12H2. The van der Waals surface area contributed by atoms with Gasteiger partial charge in [0.1, 0.15) is 5.75 Å². The zero-order chi connectivity index (χ0) is 13.3. The zero-order valence-corrected chi connectivity index (χ0v) is 11.4. The number of aliphatic imine (C=N–C) groups is 1. The third-order valence-electron chi connectivity index (χ3n) is 2.71. The van der Waals surface area contributed by atoms with Crippen LogP contribution in [0.4, 0.5) is 0 Å². The van der Waals surface area contributed by atoms with Crippen LogP contribution in [0.5, 0.6) is 5.75 Å². The van der Waals surface area contributed by atoms with Crippen molar-refractivity contribution < 1.29 is 4.74 Å². The Morgan fingerprint density at radius 2 is 1.63 bits per heavy atom. The summed E-state index contributed by atoms with van der Waals surface area (Å²) in [4.78, 5) is 3.84. The fourth-order valence-electron chi connectivity index (χ4n) is 1.75. The van der Waals surface area contributed by atoms with Crippen molar-refractivity contribution in [3.05, 3.63) is 54.6 Å². The molecule has 0 aromatic heterocycles. The molecule has 2 rings (SSSR count). The number of ether oxygens (including phenoxy) is 1. The molecule has 3 heteroatoms. The van der Waals surface area contributed by atoms with Crippen LogP contribution in [0.25, 0.3) is 11.1 Å². The molecule has 0 spiro atoms. The maximum Gasteiger partial charge on any atom is 0.119 e. The normalized spacial score (nSPS) is 9.68. The van der Waals surface area contributed by atoms with Gasteiger partial charge >= 0.3 is 0 Å². The summed E-state index contributed by atoms with van der Waals surface area (Å²) in [5, 5.41) is 2.34. The Balaban J connectivity index is 1.90. The minimum Gasteiger partial charge on any atom is -0.494 e. The van der Waals surface area contributed by atoms with Gasteiger partial charge in [-0.15, -0.1) is 0 Å². The maximum atomic E-state index is 5.62. The second-order valence-corrected chi connectivity index (χ2v) is 4.25. The van der Waals surface area contributed by atoms with E-state index in [1.54, 1.807) is 0 Å². The molecule has 0 unspecified atom stereocenters. The van der Waals surface area contributed by atoms with Gasteiger partial charge in [-0.05, 0) is 35.5 Å². The summed E-state index contributed by atoms with van der Waals surface area (Å²) in [6, 6.07) is 18.4. The van der Waals surface area contributed by atoms with Gasteiger partial charge in [0.2, 0.25) is 0 Å². The van der Waals surface area contributed by atoms with E-state index < -0.39 is 0 Å². The number of rotatable bonds is 6. The van der Waals surface area contributed by atoms with Crippen LogP contribution in [0, 0.1) is 0 Å². The average Bonchev–Trinajstić information content (AvgIpc) is 2.49. The summed E-state index contributed by atoms with van der Waals surface area (Å²) in [7, 11) is 0. The molecule has 0 saturated carbocycles. The number of hydrogen-bond donors (Lipinski definition) is 0. The highest BCUT2D eigenvalue weighted by molar-refractivity contribution is 7.78. The smallest absolute Gasteiger partial charge is 0.119 e. The van der Waals surface area contributed by atoms with Crippen LogP contribution in [0.1, 0.15) is 6.42 Å². The van der Waals surface area contributed by atoms with Gasteiger partial charge in [0, 0.05) is 6.42 Å². The summed E-state index contributed by atoms with van der Waals surface area (Å²) in [6.07, 6.45) is 0.851. The Morgan fingerprint density at radius 3 is 2.32 bits per heavy atom. The molecule has 2 aromatic rings. The Kier molecular flexibility index (Phi) is 5.30. The van der Waals surface area contributed by atoms with Gasteiger partial charge < -0.3 is 4.74 Å². The molecule has 96 valence electrons. The molecule has 0 fully saturated rings. The minimum atomic E-state index is 0.644. The van der Waals surface area contributed by atoms with E-state index in [4.69, 9.17) is 4.74 Å². The summed E-state index contributed by atoms with van der Waals surface area (Å²) < 4.78 is 5.62. The third-order valence-corrected chi connectivity index (χ3v) is 2.84. The number of benzene rings is 2. The third kappa shape index (κ3) is 4.32. The maximum absolute atomic E-state index is 5.62. The number of thiocarbonyl (C=S) groups is 1. The van der Waals surface area contributed by atoms with Crippen LogP contribution in [-0.4, -0.2) is 18.3 Å². The molecule has 0 aliphatic heterocycles. The molecule has 0 saturated heterocycles. The summed E-state index contributed by atoms with van der Waals surface area (Å²) in [5.41, 5.74) is 2.41. The summed E-state index contributed by atoms with van der Waals surface area (Å²) >= 11 is 4.50. The molecule has 0 heterocycles. The lowest BCUT2D eigenvalue weighted by Crippen LogP contribution is -1.98. The Hall–Kier alpha value is -1.96. The highest BCUT2D eigenvalue weighted by atomic mass is 32.1. The predicted molar refractivity (Wildman–Crippen MR) is 81.9 cm³/mol. The van der Waals surface area contributed by atoms with Crippen molar-refractivity contribution in [1.29, 1.82) is 0 Å². The monoisotopic (exact) mass is 269 g/mol.